The Balaban J connectivity index is -0.000000347. The maximum absolute atomic E-state index is 12.0. The Bertz CT molecular complexity index is 485. The van der Waals surface area contributed by atoms with Gasteiger partial charge in [-0.1, -0.05) is 0 Å². The summed E-state index contributed by atoms with van der Waals surface area (Å²) in [6.45, 7) is 1.80. The van der Waals surface area contributed by atoms with Crippen molar-refractivity contribution in [1.29, 1.82) is 0 Å². The van der Waals surface area contributed by atoms with Crippen molar-refractivity contribution < 1.29 is 45.4 Å². The summed E-state index contributed by atoms with van der Waals surface area (Å²) in [5.74, 6) is -1.83. The molecule has 28 heavy (non-hydrogen) atoms. The first-order valence-electron chi connectivity index (χ1n) is 7.63. The monoisotopic (exact) mass is 426 g/mol. The van der Waals surface area contributed by atoms with Gasteiger partial charge in [0.1, 0.15) is 17.8 Å². The highest BCUT2D eigenvalue weighted by Crippen LogP contribution is 2.26. The van der Waals surface area contributed by atoms with Gasteiger partial charge in [-0.3, -0.25) is 14.5 Å². The van der Waals surface area contributed by atoms with Crippen molar-refractivity contribution in [3.05, 3.63) is 11.8 Å². The van der Waals surface area contributed by atoms with Gasteiger partial charge in [0.05, 0.1) is 0 Å². The highest BCUT2D eigenvalue weighted by molar-refractivity contribution is 5.94. The van der Waals surface area contributed by atoms with Crippen LogP contribution in [0.5, 0.6) is 0 Å². The molecule has 168 valence electrons. The molecule has 0 bridgehead atoms. The molecule has 0 aliphatic rings. The van der Waals surface area contributed by atoms with Gasteiger partial charge in [-0.2, -0.15) is 26.3 Å². The molecule has 0 heterocycles. The van der Waals surface area contributed by atoms with Crippen LogP contribution in [0.2, 0.25) is 0 Å². The minimum absolute atomic E-state index is 0.213. The average molecular weight is 426 g/mol. The van der Waals surface area contributed by atoms with E-state index in [0.29, 0.717) is 0 Å². The van der Waals surface area contributed by atoms with E-state index in [1.54, 1.807) is 14.2 Å². The Morgan fingerprint density at radius 2 is 1.32 bits per heavy atom. The number of hydrogen-bond donors (Lipinski definition) is 0. The maximum Gasteiger partial charge on any atom is 0.421 e. The quantitative estimate of drug-likeness (QED) is 0.369. The molecule has 6 nitrogen and oxygen atoms in total. The smallest absolute Gasteiger partial charge is 0.383 e. The summed E-state index contributed by atoms with van der Waals surface area (Å²) < 4.78 is 79.0. The number of halogens is 6. The van der Waals surface area contributed by atoms with Crippen molar-refractivity contribution in [3.8, 4) is 0 Å². The van der Waals surface area contributed by atoms with Crippen molar-refractivity contribution in [2.75, 3.05) is 42.4 Å². The topological polar surface area (TPSA) is 59.1 Å². The van der Waals surface area contributed by atoms with E-state index < -0.39 is 35.9 Å². The van der Waals surface area contributed by atoms with Crippen LogP contribution in [0.4, 0.5) is 26.3 Å². The zero-order valence-electron chi connectivity index (χ0n) is 17.2. The number of ether oxygens (including phenoxy) is 2. The number of carbonyl (C=O) groups is 2. The van der Waals surface area contributed by atoms with Crippen molar-refractivity contribution in [2.24, 2.45) is 0 Å². The lowest BCUT2D eigenvalue weighted by atomic mass is 10.2. The molecule has 0 fully saturated rings. The van der Waals surface area contributed by atoms with Crippen LogP contribution in [0.3, 0.4) is 0 Å². The fraction of sp³-hybridized carbons (Fsp3) is 0.750. The second kappa shape index (κ2) is 14.4. The van der Waals surface area contributed by atoms with E-state index in [1.807, 2.05) is 19.0 Å². The van der Waals surface area contributed by atoms with Crippen LogP contribution in [-0.2, 0) is 19.1 Å². The summed E-state index contributed by atoms with van der Waals surface area (Å²) in [5, 5.41) is 0. The average Bonchev–Trinajstić information content (AvgIpc) is 2.42. The van der Waals surface area contributed by atoms with Crippen LogP contribution in [0.15, 0.2) is 11.8 Å². The number of Topliss-reactive ketones (excluding diaryl/α,β-unsaturated/α-hetero) is 2. The summed E-state index contributed by atoms with van der Waals surface area (Å²) >= 11 is 0. The van der Waals surface area contributed by atoms with E-state index in [2.05, 4.69) is 0 Å². The van der Waals surface area contributed by atoms with Gasteiger partial charge in [0.15, 0.2) is 5.78 Å². The molecule has 0 aromatic carbocycles. The third kappa shape index (κ3) is 20.6. The van der Waals surface area contributed by atoms with E-state index in [9.17, 15) is 35.9 Å². The van der Waals surface area contributed by atoms with Crippen molar-refractivity contribution >= 4 is 11.6 Å². The summed E-state index contributed by atoms with van der Waals surface area (Å²) in [6.07, 6.45) is -9.65. The lowest BCUT2D eigenvalue weighted by Crippen LogP contribution is -2.30. The Morgan fingerprint density at radius 3 is 1.36 bits per heavy atom. The van der Waals surface area contributed by atoms with Crippen LogP contribution in [0, 0.1) is 0 Å². The third-order valence-electron chi connectivity index (χ3n) is 2.35. The van der Waals surface area contributed by atoms with Crippen molar-refractivity contribution in [2.45, 2.75) is 39.0 Å². The van der Waals surface area contributed by atoms with Crippen LogP contribution < -0.4 is 0 Å². The van der Waals surface area contributed by atoms with E-state index in [1.165, 1.54) is 19.0 Å². The zero-order valence-corrected chi connectivity index (χ0v) is 17.2. The van der Waals surface area contributed by atoms with Gasteiger partial charge >= 0.3 is 12.4 Å². The second-order valence-electron chi connectivity index (χ2n) is 5.80. The number of methoxy groups -OCH3 is 2. The fourth-order valence-electron chi connectivity index (χ4n) is 1.42. The number of ketones is 2. The van der Waals surface area contributed by atoms with E-state index in [4.69, 9.17) is 9.47 Å². The number of nitrogens with zero attached hydrogens (tertiary/aromatic N) is 2. The molecule has 12 heteroatoms. The van der Waals surface area contributed by atoms with Gasteiger partial charge in [0.25, 0.3) is 0 Å². The molecule has 0 rings (SSSR count). The number of rotatable bonds is 6. The largest absolute Gasteiger partial charge is 0.421 e. The highest BCUT2D eigenvalue weighted by Gasteiger charge is 2.36. The van der Waals surface area contributed by atoms with Gasteiger partial charge in [0.2, 0.25) is 6.41 Å². The molecule has 0 spiro atoms. The summed E-state index contributed by atoms with van der Waals surface area (Å²) in [4.78, 5) is 23.3. The predicted octanol–water partition coefficient (Wildman–Crippen LogP) is 3.24. The third-order valence-corrected chi connectivity index (χ3v) is 2.35. The Hall–Kier alpha value is -1.66. The summed E-state index contributed by atoms with van der Waals surface area (Å²) in [7, 11) is 9.83. The van der Waals surface area contributed by atoms with Crippen LogP contribution in [-0.4, -0.2) is 82.5 Å². The normalized spacial score (nSPS) is 12.1. The van der Waals surface area contributed by atoms with Gasteiger partial charge in [-0.25, -0.2) is 0 Å². The molecule has 0 saturated carbocycles. The van der Waals surface area contributed by atoms with Gasteiger partial charge in [0, 0.05) is 34.5 Å². The molecule has 0 aliphatic carbocycles. The Kier molecular flexibility index (Phi) is 15.9. The van der Waals surface area contributed by atoms with Crippen molar-refractivity contribution in [3.63, 3.8) is 0 Å². The summed E-state index contributed by atoms with van der Waals surface area (Å²) in [6, 6.07) is 0. The van der Waals surface area contributed by atoms with Gasteiger partial charge in [-0.15, -0.1) is 0 Å². The van der Waals surface area contributed by atoms with Gasteiger partial charge < -0.3 is 14.4 Å². The standard InChI is InChI=1S/C7H10F3NO.C5H13NO2.C4H5F3O/c1-5(12)6(4-11(2)3)7(8,9)10;1-6(2)5(7-3)8-4;1-3(8)2-4(5,6)7/h4H,1-3H3;5H,1-4H3;2H2,1H3/b6-4-;;. The molecular weight excluding hydrogens is 398 g/mol. The molecule has 0 radical (unpaired) electrons. The lowest BCUT2D eigenvalue weighted by Gasteiger charge is -2.19. The molecule has 0 N–H and O–H groups in total. The van der Waals surface area contributed by atoms with E-state index in [0.717, 1.165) is 20.0 Å². The molecule has 0 aromatic heterocycles. The van der Waals surface area contributed by atoms with Crippen molar-refractivity contribution in [1.82, 2.24) is 9.80 Å². The van der Waals surface area contributed by atoms with Crippen LogP contribution in [0.25, 0.3) is 0 Å². The molecule has 0 unspecified atom stereocenters. The fourth-order valence-corrected chi connectivity index (χ4v) is 1.42. The van der Waals surface area contributed by atoms with Crippen LogP contribution in [0.1, 0.15) is 20.3 Å². The Labute approximate surface area is 161 Å². The number of carbonyl (C=O) groups excluding carboxylic acids is 2. The second-order valence-corrected chi connectivity index (χ2v) is 5.80. The Morgan fingerprint density at radius 1 is 0.929 bits per heavy atom. The molecule has 0 aromatic rings. The first-order valence-corrected chi connectivity index (χ1v) is 7.63. The minimum Gasteiger partial charge on any atom is -0.383 e. The molecule has 0 atom stereocenters. The minimum atomic E-state index is -4.56. The molecule has 0 aliphatic heterocycles. The number of allylic oxidation sites excluding steroid dienone is 1. The number of alkyl halides is 6. The number of hydrogen-bond acceptors (Lipinski definition) is 6. The first kappa shape index (κ1) is 31.0. The maximum atomic E-state index is 12.0. The van der Waals surface area contributed by atoms with E-state index >= 15 is 0 Å². The zero-order chi connectivity index (χ0) is 23.3. The molecule has 0 amide bonds. The van der Waals surface area contributed by atoms with Crippen LogP contribution >= 0.6 is 0 Å². The van der Waals surface area contributed by atoms with Gasteiger partial charge in [-0.05, 0) is 27.9 Å². The summed E-state index contributed by atoms with van der Waals surface area (Å²) in [5.41, 5.74) is -1.13. The highest BCUT2D eigenvalue weighted by atomic mass is 19.4. The molecule has 0 saturated heterocycles. The predicted molar refractivity (Wildman–Crippen MR) is 91.4 cm³/mol. The van der Waals surface area contributed by atoms with E-state index in [-0.39, 0.29) is 6.41 Å². The SMILES string of the molecule is CC(=O)/C(=C/N(C)C)C(F)(F)F.CC(=O)CC(F)(F)F.COC(OC)N(C)C. The first-order chi connectivity index (χ1) is 12.4. The lowest BCUT2D eigenvalue weighted by molar-refractivity contribution is -0.179. The molecular formula is C16H28F6N2O4.